The Morgan fingerprint density at radius 3 is 2.35 bits per heavy atom. The van der Waals surface area contributed by atoms with E-state index in [9.17, 15) is 13.2 Å². The normalized spacial score (nSPS) is 29.7. The van der Waals surface area contributed by atoms with Gasteiger partial charge in [0.1, 0.15) is 0 Å². The molecule has 0 unspecified atom stereocenters. The standard InChI is InChI=1S/C17H25F3N2O/c1-10-5-6-14(17(18,19)20)7-15(10)16(21)13(4)22-8-11(2)23-12(3)9-22/h11-12,14,21H,4-9H2,1-3H3/t11-,12+,14-/m1/s1. The molecular weight excluding hydrogens is 305 g/mol. The number of ether oxygens (including phenoxy) is 1. The molecule has 2 aliphatic rings. The van der Waals surface area contributed by atoms with Crippen LogP contribution in [0.15, 0.2) is 23.4 Å². The summed E-state index contributed by atoms with van der Waals surface area (Å²) in [6.07, 6.45) is -3.76. The van der Waals surface area contributed by atoms with E-state index in [0.717, 1.165) is 5.57 Å². The maximum absolute atomic E-state index is 13.0. The van der Waals surface area contributed by atoms with E-state index in [1.54, 1.807) is 0 Å². The average Bonchev–Trinajstić information content (AvgIpc) is 2.44. The van der Waals surface area contributed by atoms with Crippen molar-refractivity contribution in [2.75, 3.05) is 13.1 Å². The first-order valence-corrected chi connectivity index (χ1v) is 8.03. The van der Waals surface area contributed by atoms with Crippen molar-refractivity contribution in [2.24, 2.45) is 5.92 Å². The van der Waals surface area contributed by atoms with Gasteiger partial charge in [-0.2, -0.15) is 13.2 Å². The summed E-state index contributed by atoms with van der Waals surface area (Å²) < 4.78 is 44.7. The molecule has 3 atom stereocenters. The number of rotatable bonds is 3. The van der Waals surface area contributed by atoms with Crippen LogP contribution in [0.2, 0.25) is 0 Å². The molecule has 1 heterocycles. The highest BCUT2D eigenvalue weighted by atomic mass is 19.4. The number of allylic oxidation sites excluding steroid dienone is 2. The quantitative estimate of drug-likeness (QED) is 0.783. The molecular formula is C17H25F3N2O. The second kappa shape index (κ2) is 6.67. The van der Waals surface area contributed by atoms with Gasteiger partial charge in [0.15, 0.2) is 0 Å². The molecule has 6 heteroatoms. The van der Waals surface area contributed by atoms with E-state index >= 15 is 0 Å². The van der Waals surface area contributed by atoms with Crippen LogP contribution in [-0.2, 0) is 4.74 Å². The Kier molecular flexibility index (Phi) is 5.23. The third-order valence-corrected chi connectivity index (χ3v) is 4.69. The highest BCUT2D eigenvalue weighted by molar-refractivity contribution is 6.10. The Morgan fingerprint density at radius 1 is 1.26 bits per heavy atom. The SMILES string of the molecule is C=C(C(=N)C1=C(C)CC[C@@H](C(F)(F)F)C1)N1C[C@@H](C)O[C@@H](C)C1. The third-order valence-electron chi connectivity index (χ3n) is 4.69. The average molecular weight is 330 g/mol. The lowest BCUT2D eigenvalue weighted by Gasteiger charge is -2.39. The lowest BCUT2D eigenvalue weighted by Crippen LogP contribution is -2.46. The van der Waals surface area contributed by atoms with Crippen molar-refractivity contribution in [1.82, 2.24) is 4.90 Å². The lowest BCUT2D eigenvalue weighted by molar-refractivity contribution is -0.176. The van der Waals surface area contributed by atoms with Crippen molar-refractivity contribution in [3.63, 3.8) is 0 Å². The van der Waals surface area contributed by atoms with E-state index in [0.29, 0.717) is 30.8 Å². The van der Waals surface area contributed by atoms with Gasteiger partial charge in [0, 0.05) is 13.1 Å². The van der Waals surface area contributed by atoms with Crippen molar-refractivity contribution < 1.29 is 17.9 Å². The minimum absolute atomic E-state index is 0.0210. The second-order valence-corrected chi connectivity index (χ2v) is 6.72. The summed E-state index contributed by atoms with van der Waals surface area (Å²) in [6, 6.07) is 0. The minimum Gasteiger partial charge on any atom is -0.372 e. The van der Waals surface area contributed by atoms with Crippen LogP contribution >= 0.6 is 0 Å². The Labute approximate surface area is 135 Å². The largest absolute Gasteiger partial charge is 0.392 e. The molecule has 2 rings (SSSR count). The maximum atomic E-state index is 13.0. The third kappa shape index (κ3) is 4.16. The predicted molar refractivity (Wildman–Crippen MR) is 84.5 cm³/mol. The molecule has 1 fully saturated rings. The highest BCUT2D eigenvalue weighted by Gasteiger charge is 2.42. The first kappa shape index (κ1) is 18.0. The van der Waals surface area contributed by atoms with E-state index in [4.69, 9.17) is 10.1 Å². The van der Waals surface area contributed by atoms with Crippen LogP contribution in [0.25, 0.3) is 0 Å². The molecule has 0 radical (unpaired) electrons. The molecule has 23 heavy (non-hydrogen) atoms. The Hall–Kier alpha value is -1.30. The number of nitrogens with zero attached hydrogens (tertiary/aromatic N) is 1. The maximum Gasteiger partial charge on any atom is 0.392 e. The molecule has 1 aliphatic heterocycles. The zero-order valence-electron chi connectivity index (χ0n) is 14.0. The van der Waals surface area contributed by atoms with Gasteiger partial charge in [-0.3, -0.25) is 5.41 Å². The molecule has 1 N–H and O–H groups in total. The Bertz CT molecular complexity index is 514. The zero-order valence-corrected chi connectivity index (χ0v) is 14.0. The van der Waals surface area contributed by atoms with Crippen molar-refractivity contribution in [2.45, 2.75) is 58.4 Å². The monoisotopic (exact) mass is 330 g/mol. The van der Waals surface area contributed by atoms with Crippen LogP contribution in [0, 0.1) is 11.3 Å². The summed E-state index contributed by atoms with van der Waals surface area (Å²) in [4.78, 5) is 1.96. The van der Waals surface area contributed by atoms with Crippen LogP contribution in [0.4, 0.5) is 13.2 Å². The Morgan fingerprint density at radius 2 is 1.83 bits per heavy atom. The summed E-state index contributed by atoms with van der Waals surface area (Å²) in [5.74, 6) is -1.35. The molecule has 0 aromatic rings. The van der Waals surface area contributed by atoms with Gasteiger partial charge >= 0.3 is 6.18 Å². The van der Waals surface area contributed by atoms with E-state index < -0.39 is 12.1 Å². The van der Waals surface area contributed by atoms with Crippen LogP contribution in [-0.4, -0.2) is 42.1 Å². The molecule has 1 aliphatic carbocycles. The van der Waals surface area contributed by atoms with E-state index in [1.807, 2.05) is 25.7 Å². The van der Waals surface area contributed by atoms with Crippen LogP contribution in [0.3, 0.4) is 0 Å². The van der Waals surface area contributed by atoms with Crippen molar-refractivity contribution in [3.05, 3.63) is 23.4 Å². The van der Waals surface area contributed by atoms with Crippen molar-refractivity contribution >= 4 is 5.71 Å². The number of hydrogen-bond donors (Lipinski definition) is 1. The van der Waals surface area contributed by atoms with Gasteiger partial charge < -0.3 is 9.64 Å². The van der Waals surface area contributed by atoms with E-state index in [-0.39, 0.29) is 30.8 Å². The first-order valence-electron chi connectivity index (χ1n) is 8.03. The van der Waals surface area contributed by atoms with Gasteiger partial charge in [-0.25, -0.2) is 0 Å². The topological polar surface area (TPSA) is 36.3 Å². The van der Waals surface area contributed by atoms with Crippen LogP contribution < -0.4 is 0 Å². The highest BCUT2D eigenvalue weighted by Crippen LogP contribution is 2.40. The van der Waals surface area contributed by atoms with Gasteiger partial charge in [0.25, 0.3) is 0 Å². The fraction of sp³-hybridized carbons (Fsp3) is 0.706. The second-order valence-electron chi connectivity index (χ2n) is 6.72. The van der Waals surface area contributed by atoms with Gasteiger partial charge in [-0.05, 0) is 45.6 Å². The molecule has 1 saturated heterocycles. The molecule has 0 aromatic carbocycles. The number of halogens is 3. The summed E-state index contributed by atoms with van der Waals surface area (Å²) in [7, 11) is 0. The number of nitrogens with one attached hydrogen (secondary N) is 1. The molecule has 0 bridgehead atoms. The van der Waals surface area contributed by atoms with Gasteiger partial charge in [0.2, 0.25) is 0 Å². The van der Waals surface area contributed by atoms with Gasteiger partial charge in [-0.1, -0.05) is 12.2 Å². The lowest BCUT2D eigenvalue weighted by atomic mass is 9.81. The first-order chi connectivity index (χ1) is 10.6. The molecule has 0 aromatic heterocycles. The van der Waals surface area contributed by atoms with Crippen molar-refractivity contribution in [1.29, 1.82) is 5.41 Å². The fourth-order valence-corrected chi connectivity index (χ4v) is 3.39. The number of hydrogen-bond acceptors (Lipinski definition) is 3. The summed E-state index contributed by atoms with van der Waals surface area (Å²) in [5.41, 5.74) is 2.04. The summed E-state index contributed by atoms with van der Waals surface area (Å²) >= 11 is 0. The van der Waals surface area contributed by atoms with Gasteiger partial charge in [-0.15, -0.1) is 0 Å². The van der Waals surface area contributed by atoms with Crippen LogP contribution in [0.5, 0.6) is 0 Å². The zero-order chi connectivity index (χ0) is 17.4. The molecule has 0 saturated carbocycles. The number of morpholine rings is 1. The van der Waals surface area contributed by atoms with E-state index in [2.05, 4.69) is 6.58 Å². The minimum atomic E-state index is -4.20. The van der Waals surface area contributed by atoms with Crippen molar-refractivity contribution in [3.8, 4) is 0 Å². The molecule has 130 valence electrons. The Balaban J connectivity index is 2.13. The van der Waals surface area contributed by atoms with E-state index in [1.165, 1.54) is 0 Å². The molecule has 3 nitrogen and oxygen atoms in total. The molecule has 0 amide bonds. The molecule has 0 spiro atoms. The van der Waals surface area contributed by atoms with Gasteiger partial charge in [0.05, 0.1) is 29.5 Å². The predicted octanol–water partition coefficient (Wildman–Crippen LogP) is 4.31. The fourth-order valence-electron chi connectivity index (χ4n) is 3.39. The summed E-state index contributed by atoms with van der Waals surface area (Å²) in [6.45, 7) is 10.9. The van der Waals surface area contributed by atoms with Crippen LogP contribution in [0.1, 0.15) is 40.0 Å². The summed E-state index contributed by atoms with van der Waals surface area (Å²) in [5, 5.41) is 8.37. The number of alkyl halides is 3. The smallest absolute Gasteiger partial charge is 0.372 e.